The van der Waals surface area contributed by atoms with Crippen molar-refractivity contribution in [1.29, 1.82) is 0 Å². The van der Waals surface area contributed by atoms with Crippen LogP contribution in [0.4, 0.5) is 30.7 Å². The minimum atomic E-state index is -6.48. The molecule has 1 N–H and O–H groups in total. The number of rotatable bonds is 8. The maximum absolute atomic E-state index is 13.7. The fourth-order valence-electron chi connectivity index (χ4n) is 3.03. The number of halogens is 7. The summed E-state index contributed by atoms with van der Waals surface area (Å²) < 4.78 is 90.8. The number of aliphatic hydroxyl groups is 1. The largest absolute Gasteiger partial charge is 0.459 e. The molecule has 0 fully saturated rings. The Morgan fingerprint density at radius 3 is 2.15 bits per heavy atom. The van der Waals surface area contributed by atoms with E-state index in [0.717, 1.165) is 5.57 Å². The third-order valence-corrected chi connectivity index (χ3v) is 4.35. The van der Waals surface area contributed by atoms with Crippen molar-refractivity contribution >= 4 is 0 Å². The number of hydrogen-bond acceptors (Lipinski definition) is 2. The van der Waals surface area contributed by atoms with Crippen molar-refractivity contribution < 1.29 is 35.8 Å². The minimum absolute atomic E-state index is 0.263. The zero-order valence-corrected chi connectivity index (χ0v) is 14.2. The van der Waals surface area contributed by atoms with Crippen LogP contribution in [-0.2, 0) is 0 Å². The highest BCUT2D eigenvalue weighted by Crippen LogP contribution is 2.48. The van der Waals surface area contributed by atoms with Gasteiger partial charge in [0, 0.05) is 18.6 Å². The molecule has 1 aliphatic heterocycles. The third-order valence-electron chi connectivity index (χ3n) is 4.35. The van der Waals surface area contributed by atoms with E-state index in [1.807, 2.05) is 0 Å². The summed E-state index contributed by atoms with van der Waals surface area (Å²) in [5.41, 5.74) is 0.918. The van der Waals surface area contributed by atoms with Gasteiger partial charge in [-0.3, -0.25) is 4.90 Å². The highest BCUT2D eigenvalue weighted by atomic mass is 19.4. The lowest BCUT2D eigenvalue weighted by atomic mass is 9.91. The molecule has 150 valence electrons. The Hall–Kier alpha value is -1.35. The van der Waals surface area contributed by atoms with Crippen LogP contribution in [0.2, 0.25) is 0 Å². The first-order chi connectivity index (χ1) is 11.8. The second-order valence-electron chi connectivity index (χ2n) is 6.39. The summed E-state index contributed by atoms with van der Waals surface area (Å²) in [5.74, 6) is -12.0. The van der Waals surface area contributed by atoms with Crippen molar-refractivity contribution in [2.24, 2.45) is 0 Å². The quantitative estimate of drug-likeness (QED) is 0.480. The molecule has 0 unspecified atom stereocenters. The monoisotopic (exact) mass is 389 g/mol. The Balaban J connectivity index is 3.14. The molecule has 0 saturated heterocycles. The fraction of sp³-hybridized carbons (Fsp3) is 0.647. The first-order valence-electron chi connectivity index (χ1n) is 7.94. The van der Waals surface area contributed by atoms with Gasteiger partial charge in [0.25, 0.3) is 0 Å². The van der Waals surface area contributed by atoms with Crippen LogP contribution >= 0.6 is 0 Å². The number of nitrogens with zero attached hydrogens (tertiary/aromatic N) is 1. The lowest BCUT2D eigenvalue weighted by Gasteiger charge is -2.43. The van der Waals surface area contributed by atoms with Gasteiger partial charge < -0.3 is 5.11 Å². The Labute approximate surface area is 147 Å². The second kappa shape index (κ2) is 8.12. The molecule has 1 rings (SSSR count). The van der Waals surface area contributed by atoms with Gasteiger partial charge in [-0.25, -0.2) is 0 Å². The molecule has 1 aliphatic rings. The van der Waals surface area contributed by atoms with Crippen LogP contribution < -0.4 is 0 Å². The lowest BCUT2D eigenvalue weighted by Crippen LogP contribution is -2.61. The van der Waals surface area contributed by atoms with E-state index < -0.39 is 42.8 Å². The first-order valence-corrected chi connectivity index (χ1v) is 7.94. The second-order valence-corrected chi connectivity index (χ2v) is 6.39. The van der Waals surface area contributed by atoms with E-state index in [4.69, 9.17) is 0 Å². The summed E-state index contributed by atoms with van der Waals surface area (Å²) in [6.45, 7) is 7.82. The predicted octanol–water partition coefficient (Wildman–Crippen LogP) is 4.72. The molecule has 0 amide bonds. The predicted molar refractivity (Wildman–Crippen MR) is 84.2 cm³/mol. The molecule has 0 bridgehead atoms. The molecule has 0 spiro atoms. The Morgan fingerprint density at radius 2 is 1.69 bits per heavy atom. The Bertz CT molecular complexity index is 542. The lowest BCUT2D eigenvalue weighted by molar-refractivity contribution is -0.371. The van der Waals surface area contributed by atoms with Crippen LogP contribution in [0, 0.1) is 0 Å². The average molecular weight is 389 g/mol. The molecule has 0 radical (unpaired) electrons. The summed E-state index contributed by atoms with van der Waals surface area (Å²) in [6, 6.07) is -0.997. The van der Waals surface area contributed by atoms with Crippen LogP contribution in [0.1, 0.15) is 26.2 Å². The Kier molecular flexibility index (Phi) is 7.09. The van der Waals surface area contributed by atoms with E-state index in [1.165, 1.54) is 17.1 Å². The molecule has 0 aliphatic carbocycles. The summed E-state index contributed by atoms with van der Waals surface area (Å²) >= 11 is 0. The van der Waals surface area contributed by atoms with E-state index in [2.05, 4.69) is 13.2 Å². The van der Waals surface area contributed by atoms with Gasteiger partial charge in [0.2, 0.25) is 0 Å². The standard InChI is InChI=1S/C17H22F7NO/c1-4-6-12-8-11(3)9-13(7-5-2)25(12)10-14(26)15(18,19)16(20,21)17(22,23)24/h4-5,8,12-14,26H,1-2,6-7,9-10H2,3H3/t12-,13-,14-/m0/s1. The van der Waals surface area contributed by atoms with Gasteiger partial charge in [0.05, 0.1) is 0 Å². The van der Waals surface area contributed by atoms with E-state index in [1.54, 1.807) is 13.0 Å². The summed E-state index contributed by atoms with van der Waals surface area (Å²) in [5, 5.41) is 9.62. The third kappa shape index (κ3) is 4.49. The van der Waals surface area contributed by atoms with Crippen molar-refractivity contribution in [2.75, 3.05) is 6.54 Å². The molecule has 9 heteroatoms. The minimum Gasteiger partial charge on any atom is -0.385 e. The molecule has 0 saturated carbocycles. The fourth-order valence-corrected chi connectivity index (χ4v) is 3.03. The highest BCUT2D eigenvalue weighted by molar-refractivity contribution is 5.15. The van der Waals surface area contributed by atoms with Crippen molar-refractivity contribution in [3.63, 3.8) is 0 Å². The molecule has 0 aromatic heterocycles. The number of β-amino-alcohol motifs (C(OH)–C–C–N with tert-alkyl or cyclic N) is 1. The topological polar surface area (TPSA) is 23.5 Å². The molecular weight excluding hydrogens is 367 g/mol. The smallest absolute Gasteiger partial charge is 0.385 e. The number of hydrogen-bond donors (Lipinski definition) is 1. The zero-order chi connectivity index (χ0) is 20.3. The van der Waals surface area contributed by atoms with E-state index >= 15 is 0 Å². The van der Waals surface area contributed by atoms with Crippen molar-refractivity contribution in [3.8, 4) is 0 Å². The molecule has 26 heavy (non-hydrogen) atoms. The van der Waals surface area contributed by atoms with Gasteiger partial charge in [-0.2, -0.15) is 30.7 Å². The molecular formula is C17H22F7NO. The molecule has 0 aromatic carbocycles. The van der Waals surface area contributed by atoms with Crippen molar-refractivity contribution in [1.82, 2.24) is 4.90 Å². The van der Waals surface area contributed by atoms with Crippen molar-refractivity contribution in [3.05, 3.63) is 37.0 Å². The van der Waals surface area contributed by atoms with Gasteiger partial charge >= 0.3 is 18.0 Å². The molecule has 2 nitrogen and oxygen atoms in total. The van der Waals surface area contributed by atoms with Crippen LogP contribution in [-0.4, -0.2) is 52.8 Å². The normalized spacial score (nSPS) is 24.1. The van der Waals surface area contributed by atoms with E-state index in [-0.39, 0.29) is 6.42 Å². The van der Waals surface area contributed by atoms with Crippen LogP contribution in [0.3, 0.4) is 0 Å². The van der Waals surface area contributed by atoms with Gasteiger partial charge in [0.15, 0.2) is 0 Å². The van der Waals surface area contributed by atoms with Gasteiger partial charge in [-0.05, 0) is 26.2 Å². The van der Waals surface area contributed by atoms with Gasteiger partial charge in [0.1, 0.15) is 6.10 Å². The van der Waals surface area contributed by atoms with E-state index in [9.17, 15) is 35.8 Å². The van der Waals surface area contributed by atoms with Crippen LogP contribution in [0.5, 0.6) is 0 Å². The molecule has 1 heterocycles. The molecule has 0 aromatic rings. The van der Waals surface area contributed by atoms with E-state index in [0.29, 0.717) is 12.8 Å². The maximum atomic E-state index is 13.7. The highest BCUT2D eigenvalue weighted by Gasteiger charge is 2.75. The first kappa shape index (κ1) is 22.7. The Morgan fingerprint density at radius 1 is 1.15 bits per heavy atom. The van der Waals surface area contributed by atoms with Gasteiger partial charge in [-0.1, -0.05) is 23.8 Å². The van der Waals surface area contributed by atoms with Gasteiger partial charge in [-0.15, -0.1) is 13.2 Å². The van der Waals surface area contributed by atoms with Crippen LogP contribution in [0.15, 0.2) is 37.0 Å². The van der Waals surface area contributed by atoms with Crippen molar-refractivity contribution in [2.45, 2.75) is 62.4 Å². The summed E-state index contributed by atoms with van der Waals surface area (Å²) in [7, 11) is 0. The number of aliphatic hydroxyl groups excluding tert-OH is 1. The van der Waals surface area contributed by atoms with Crippen LogP contribution in [0.25, 0.3) is 0 Å². The zero-order valence-electron chi connectivity index (χ0n) is 14.2. The number of alkyl halides is 7. The average Bonchev–Trinajstić information content (AvgIpc) is 2.49. The maximum Gasteiger partial charge on any atom is 0.459 e. The molecule has 3 atom stereocenters. The summed E-state index contributed by atoms with van der Waals surface area (Å²) in [6.07, 6.45) is -4.04. The SMILES string of the molecule is C=CC[C@H]1CC(C)=C[C@H](CC=C)N1C[C@H](O)C(F)(F)C(F)(F)C(F)(F)F. The summed E-state index contributed by atoms with van der Waals surface area (Å²) in [4.78, 5) is 1.31.